The summed E-state index contributed by atoms with van der Waals surface area (Å²) in [5, 5.41) is 10.1. The molecule has 172 valence electrons. The summed E-state index contributed by atoms with van der Waals surface area (Å²) in [4.78, 5) is 23.9. The molecule has 0 unspecified atom stereocenters. The Labute approximate surface area is 193 Å². The Morgan fingerprint density at radius 1 is 1.06 bits per heavy atom. The van der Waals surface area contributed by atoms with Gasteiger partial charge in [-0.05, 0) is 49.7 Å². The summed E-state index contributed by atoms with van der Waals surface area (Å²) in [6, 6.07) is 9.49. The molecular weight excluding hydrogens is 428 g/mol. The zero-order valence-electron chi connectivity index (χ0n) is 18.3. The Kier molecular flexibility index (Phi) is 7.59. The normalized spacial score (nSPS) is 18.8. The molecule has 2 fully saturated rings. The van der Waals surface area contributed by atoms with Crippen molar-refractivity contribution < 1.29 is 15.5 Å². The molecule has 5 N–H and O–H groups in total. The quantitative estimate of drug-likeness (QED) is 0.446. The Morgan fingerprint density at radius 3 is 2.47 bits per heavy atom. The summed E-state index contributed by atoms with van der Waals surface area (Å²) >= 11 is 6.02. The molecule has 0 radical (unpaired) electrons. The van der Waals surface area contributed by atoms with E-state index in [1.165, 1.54) is 5.56 Å². The molecule has 32 heavy (non-hydrogen) atoms. The lowest BCUT2D eigenvalue weighted by molar-refractivity contribution is -0.826. The minimum atomic E-state index is 0.118. The molecule has 1 aromatic heterocycles. The van der Waals surface area contributed by atoms with Crippen LogP contribution < -0.4 is 11.2 Å². The van der Waals surface area contributed by atoms with Crippen LogP contribution in [0.4, 0.5) is 11.5 Å². The van der Waals surface area contributed by atoms with E-state index in [2.05, 4.69) is 14.8 Å². The second-order valence-electron chi connectivity index (χ2n) is 8.71. The fourth-order valence-corrected chi connectivity index (χ4v) is 4.82. The number of nitrogen functional groups attached to an aromatic ring is 1. The van der Waals surface area contributed by atoms with E-state index in [0.717, 1.165) is 81.9 Å². The number of hydrogen-bond donors (Lipinski definition) is 3. The molecule has 3 heterocycles. The highest BCUT2D eigenvalue weighted by molar-refractivity contribution is 6.30. The second-order valence-corrected chi connectivity index (χ2v) is 9.15. The van der Waals surface area contributed by atoms with Crippen molar-refractivity contribution in [1.82, 2.24) is 19.7 Å². The third-order valence-corrected chi connectivity index (χ3v) is 6.75. The maximum absolute atomic E-state index is 13.1. The largest absolute Gasteiger partial charge is 0.384 e. The number of pyridine rings is 1. The number of likely N-dealkylation sites (tertiary alicyclic amines) is 1. The zero-order chi connectivity index (χ0) is 22.5. The topological polar surface area (TPSA) is 103 Å². The van der Waals surface area contributed by atoms with Crippen LogP contribution in [0.5, 0.6) is 0 Å². The van der Waals surface area contributed by atoms with Crippen molar-refractivity contribution in [3.8, 4) is 0 Å². The molecule has 9 heteroatoms. The van der Waals surface area contributed by atoms with Crippen LogP contribution in [0.1, 0.15) is 24.0 Å². The van der Waals surface area contributed by atoms with Crippen LogP contribution in [0, 0.1) is 5.92 Å². The maximum atomic E-state index is 13.1. The number of quaternary nitrogens is 1. The second kappa shape index (κ2) is 10.6. The first-order valence-electron chi connectivity index (χ1n) is 11.2. The third kappa shape index (κ3) is 5.76. The molecular formula is C23H32ClN6O2+. The van der Waals surface area contributed by atoms with Crippen LogP contribution in [0.2, 0.25) is 5.02 Å². The van der Waals surface area contributed by atoms with Gasteiger partial charge in [-0.15, -0.1) is 0 Å². The maximum Gasteiger partial charge on any atom is 0.225 e. The van der Waals surface area contributed by atoms with Crippen molar-refractivity contribution in [1.29, 1.82) is 0 Å². The molecule has 2 aromatic rings. The van der Waals surface area contributed by atoms with E-state index in [1.807, 2.05) is 29.2 Å². The molecule has 1 amide bonds. The number of benzene rings is 1. The highest BCUT2D eigenvalue weighted by atomic mass is 35.5. The molecule has 2 aliphatic heterocycles. The SMILES string of the molecule is Nc1cc(CN2CCC(C(=O)N3CCN(Cc4ccc(Cl)cc4[NH2+]O)CC3)CC2)ccn1. The summed E-state index contributed by atoms with van der Waals surface area (Å²) < 4.78 is 0. The number of nitrogens with zero attached hydrogens (tertiary/aromatic N) is 4. The number of piperazine rings is 1. The number of carbonyl (C=O) groups excluding carboxylic acids is 1. The van der Waals surface area contributed by atoms with Crippen molar-refractivity contribution in [2.45, 2.75) is 25.9 Å². The number of hydrogen-bond acceptors (Lipinski definition) is 6. The molecule has 2 aliphatic rings. The Bertz CT molecular complexity index is 926. The van der Waals surface area contributed by atoms with E-state index in [-0.39, 0.29) is 5.92 Å². The van der Waals surface area contributed by atoms with Gasteiger partial charge in [0.15, 0.2) is 5.69 Å². The molecule has 0 saturated carbocycles. The van der Waals surface area contributed by atoms with Gasteiger partial charge in [0.1, 0.15) is 5.82 Å². The van der Waals surface area contributed by atoms with Crippen molar-refractivity contribution >= 4 is 29.0 Å². The van der Waals surface area contributed by atoms with Crippen LogP contribution in [-0.4, -0.2) is 70.1 Å². The monoisotopic (exact) mass is 459 g/mol. The lowest BCUT2D eigenvalue weighted by Gasteiger charge is -2.38. The van der Waals surface area contributed by atoms with E-state index in [0.29, 0.717) is 16.7 Å². The lowest BCUT2D eigenvalue weighted by Crippen LogP contribution is -2.74. The van der Waals surface area contributed by atoms with Crippen LogP contribution in [0.25, 0.3) is 0 Å². The molecule has 0 atom stereocenters. The van der Waals surface area contributed by atoms with Crippen LogP contribution in [0.15, 0.2) is 36.5 Å². The zero-order valence-corrected chi connectivity index (χ0v) is 19.0. The number of carbonyl (C=O) groups is 1. The fraction of sp³-hybridized carbons (Fsp3) is 0.478. The smallest absolute Gasteiger partial charge is 0.225 e. The minimum Gasteiger partial charge on any atom is -0.384 e. The van der Waals surface area contributed by atoms with Gasteiger partial charge in [0, 0.05) is 68.0 Å². The standard InChI is InChI=1S/C23H31ClN6O2/c24-20-2-1-19(21(14-20)27-32)16-29-9-11-30(12-10-29)23(31)18-4-7-28(8-5-18)15-17-3-6-26-22(25)13-17/h1-3,6,13-14,18,27,32H,4-5,7-12,15-16H2,(H2,25,26)/p+1. The average Bonchev–Trinajstić information content (AvgIpc) is 2.81. The lowest BCUT2D eigenvalue weighted by atomic mass is 9.94. The van der Waals surface area contributed by atoms with Gasteiger partial charge < -0.3 is 10.6 Å². The summed E-state index contributed by atoms with van der Waals surface area (Å²) in [5.74, 6) is 0.967. The van der Waals surface area contributed by atoms with E-state index in [4.69, 9.17) is 17.3 Å². The molecule has 4 rings (SSSR count). The van der Waals surface area contributed by atoms with Crippen LogP contribution >= 0.6 is 11.6 Å². The van der Waals surface area contributed by atoms with Crippen molar-refractivity contribution in [3.05, 3.63) is 52.7 Å². The number of amides is 1. The Hall–Kier alpha value is -2.23. The molecule has 2 saturated heterocycles. The molecule has 0 aliphatic carbocycles. The molecule has 0 bridgehead atoms. The van der Waals surface area contributed by atoms with E-state index >= 15 is 0 Å². The van der Waals surface area contributed by atoms with Gasteiger partial charge in [-0.25, -0.2) is 10.2 Å². The fourth-order valence-electron chi connectivity index (χ4n) is 4.64. The van der Waals surface area contributed by atoms with Gasteiger partial charge in [-0.1, -0.05) is 17.7 Å². The van der Waals surface area contributed by atoms with E-state index in [9.17, 15) is 10.0 Å². The highest BCUT2D eigenvalue weighted by Crippen LogP contribution is 2.23. The number of nitrogens with two attached hydrogens (primary N) is 2. The first-order chi connectivity index (χ1) is 15.5. The Balaban J connectivity index is 1.23. The van der Waals surface area contributed by atoms with Crippen molar-refractivity contribution in [2.24, 2.45) is 5.92 Å². The van der Waals surface area contributed by atoms with Gasteiger partial charge in [0.05, 0.1) is 0 Å². The summed E-state index contributed by atoms with van der Waals surface area (Å²) in [6.07, 6.45) is 3.55. The number of piperidine rings is 1. The number of rotatable bonds is 6. The van der Waals surface area contributed by atoms with Crippen molar-refractivity contribution in [2.75, 3.05) is 45.0 Å². The summed E-state index contributed by atoms with van der Waals surface area (Å²) in [5.41, 5.74) is 9.84. The molecule has 0 spiro atoms. The van der Waals surface area contributed by atoms with Gasteiger partial charge in [0.25, 0.3) is 0 Å². The predicted octanol–water partition coefficient (Wildman–Crippen LogP) is 1.46. The summed E-state index contributed by atoms with van der Waals surface area (Å²) in [6.45, 7) is 6.62. The van der Waals surface area contributed by atoms with E-state index < -0.39 is 0 Å². The van der Waals surface area contributed by atoms with Gasteiger partial charge in [0.2, 0.25) is 5.91 Å². The third-order valence-electron chi connectivity index (χ3n) is 6.51. The Morgan fingerprint density at radius 2 is 1.78 bits per heavy atom. The van der Waals surface area contributed by atoms with Crippen LogP contribution in [-0.2, 0) is 17.9 Å². The van der Waals surface area contributed by atoms with Gasteiger partial charge >= 0.3 is 0 Å². The summed E-state index contributed by atoms with van der Waals surface area (Å²) in [7, 11) is 0. The van der Waals surface area contributed by atoms with Crippen LogP contribution in [0.3, 0.4) is 0 Å². The molecule has 1 aromatic carbocycles. The molecule has 8 nitrogen and oxygen atoms in total. The number of anilines is 1. The minimum absolute atomic E-state index is 0.118. The number of aromatic nitrogens is 1. The van der Waals surface area contributed by atoms with Gasteiger partial charge in [-0.2, -0.15) is 5.48 Å². The van der Waals surface area contributed by atoms with E-state index in [1.54, 1.807) is 12.3 Å². The highest BCUT2D eigenvalue weighted by Gasteiger charge is 2.30. The van der Waals surface area contributed by atoms with Crippen molar-refractivity contribution in [3.63, 3.8) is 0 Å². The number of halogens is 1. The first kappa shape index (κ1) is 22.9. The predicted molar refractivity (Wildman–Crippen MR) is 123 cm³/mol. The van der Waals surface area contributed by atoms with Gasteiger partial charge in [-0.3, -0.25) is 14.6 Å². The first-order valence-corrected chi connectivity index (χ1v) is 11.6. The average molecular weight is 460 g/mol.